The number of nitrogens with one attached hydrogen (secondary N) is 3. The number of methoxy groups -OCH3 is 1. The highest BCUT2D eigenvalue weighted by Gasteiger charge is 2.20. The van der Waals surface area contributed by atoms with Crippen molar-refractivity contribution in [3.8, 4) is 11.5 Å². The Hall–Kier alpha value is -1.27. The maximum Gasteiger partial charge on any atom is 0.211 e. The van der Waals surface area contributed by atoms with Crippen molar-refractivity contribution >= 4 is 40.0 Å². The fraction of sp³-hybridized carbons (Fsp3) is 0.650. The van der Waals surface area contributed by atoms with E-state index in [4.69, 9.17) is 9.47 Å². The highest BCUT2D eigenvalue weighted by molar-refractivity contribution is 14.0. The van der Waals surface area contributed by atoms with E-state index in [0.29, 0.717) is 32.0 Å². The quantitative estimate of drug-likeness (QED) is 0.168. The molecule has 8 nitrogen and oxygen atoms in total. The van der Waals surface area contributed by atoms with Crippen molar-refractivity contribution in [2.45, 2.75) is 51.7 Å². The minimum Gasteiger partial charge on any atom is -0.493 e. The van der Waals surface area contributed by atoms with Crippen LogP contribution in [0.3, 0.4) is 0 Å². The lowest BCUT2D eigenvalue weighted by Gasteiger charge is -2.20. The number of nitrogens with zero attached hydrogens (tertiary/aromatic N) is 1. The third kappa shape index (κ3) is 8.84. The molecule has 0 heterocycles. The van der Waals surface area contributed by atoms with E-state index in [2.05, 4.69) is 20.3 Å². The van der Waals surface area contributed by atoms with Crippen LogP contribution >= 0.6 is 24.0 Å². The van der Waals surface area contributed by atoms with Crippen LogP contribution in [0, 0.1) is 0 Å². The Balaban J connectivity index is 0.00000450. The summed E-state index contributed by atoms with van der Waals surface area (Å²) in [6.45, 7) is 3.17. The Labute approximate surface area is 197 Å². The summed E-state index contributed by atoms with van der Waals surface area (Å²) < 4.78 is 37.2. The van der Waals surface area contributed by atoms with Crippen molar-refractivity contribution < 1.29 is 17.9 Å². The molecule has 1 fully saturated rings. The molecule has 1 aromatic rings. The molecule has 0 atom stereocenters. The van der Waals surface area contributed by atoms with Gasteiger partial charge < -0.3 is 20.1 Å². The number of hydrogen-bond acceptors (Lipinski definition) is 5. The molecule has 0 bridgehead atoms. The normalized spacial score (nSPS) is 14.8. The number of ether oxygens (including phenoxy) is 2. The van der Waals surface area contributed by atoms with Gasteiger partial charge in [0.2, 0.25) is 10.0 Å². The van der Waals surface area contributed by atoms with E-state index < -0.39 is 10.0 Å². The van der Waals surface area contributed by atoms with Gasteiger partial charge in [-0.3, -0.25) is 4.99 Å². The molecule has 10 heteroatoms. The molecular weight excluding hydrogens is 519 g/mol. The molecule has 1 aliphatic rings. The van der Waals surface area contributed by atoms with Crippen LogP contribution in [0.15, 0.2) is 23.2 Å². The van der Waals surface area contributed by atoms with Gasteiger partial charge in [-0.25, -0.2) is 13.1 Å². The average Bonchev–Trinajstić information content (AvgIpc) is 3.24. The summed E-state index contributed by atoms with van der Waals surface area (Å²) in [7, 11) is 0.216. The maximum atomic E-state index is 11.4. The van der Waals surface area contributed by atoms with Gasteiger partial charge in [0.05, 0.1) is 19.0 Å². The second-order valence-electron chi connectivity index (χ2n) is 6.98. The molecule has 0 amide bonds. The number of halogens is 1. The van der Waals surface area contributed by atoms with Gasteiger partial charge in [0.15, 0.2) is 17.5 Å². The fourth-order valence-corrected chi connectivity index (χ4v) is 3.85. The van der Waals surface area contributed by atoms with E-state index in [1.54, 1.807) is 21.1 Å². The van der Waals surface area contributed by atoms with Crippen molar-refractivity contribution in [3.63, 3.8) is 0 Å². The van der Waals surface area contributed by atoms with E-state index >= 15 is 0 Å². The van der Waals surface area contributed by atoms with E-state index in [-0.39, 0.29) is 35.8 Å². The zero-order valence-corrected chi connectivity index (χ0v) is 21.2. The Morgan fingerprint density at radius 2 is 1.93 bits per heavy atom. The fourth-order valence-electron chi connectivity index (χ4n) is 3.19. The molecule has 1 aromatic carbocycles. The van der Waals surface area contributed by atoms with Crippen molar-refractivity contribution in [3.05, 3.63) is 23.8 Å². The van der Waals surface area contributed by atoms with Gasteiger partial charge in [-0.15, -0.1) is 24.0 Å². The Morgan fingerprint density at radius 3 is 2.57 bits per heavy atom. The lowest BCUT2D eigenvalue weighted by atomic mass is 10.1. The number of guanidine groups is 1. The minimum absolute atomic E-state index is 0. The number of para-hydroxylation sites is 1. The maximum absolute atomic E-state index is 11.4. The van der Waals surface area contributed by atoms with Gasteiger partial charge in [0.1, 0.15) is 0 Å². The molecule has 0 aliphatic heterocycles. The molecule has 3 N–H and O–H groups in total. The molecule has 1 aliphatic carbocycles. The molecule has 2 rings (SSSR count). The highest BCUT2D eigenvalue weighted by Crippen LogP contribution is 2.34. The Kier molecular flexibility index (Phi) is 12.4. The van der Waals surface area contributed by atoms with Crippen LogP contribution < -0.4 is 24.8 Å². The van der Waals surface area contributed by atoms with Gasteiger partial charge in [0.25, 0.3) is 0 Å². The van der Waals surface area contributed by atoms with E-state index in [9.17, 15) is 8.42 Å². The molecule has 0 saturated heterocycles. The molecule has 172 valence electrons. The van der Waals surface area contributed by atoms with Crippen molar-refractivity contribution in [1.82, 2.24) is 15.4 Å². The average molecular weight is 554 g/mol. The van der Waals surface area contributed by atoms with Crippen molar-refractivity contribution in [2.24, 2.45) is 4.99 Å². The standard InChI is InChI=1S/C20H34N4O4S.HI/c1-4-29(25,26)24-14-8-13-22-20(21-2)23-15-16-9-7-12-18(27-3)19(16)28-17-10-5-6-11-17;/h7,9,12,17,24H,4-6,8,10-11,13-15H2,1-3H3,(H2,21,22,23);1H. The van der Waals surface area contributed by atoms with Crippen LogP contribution in [0.1, 0.15) is 44.6 Å². The molecule has 30 heavy (non-hydrogen) atoms. The summed E-state index contributed by atoms with van der Waals surface area (Å²) >= 11 is 0. The Bertz CT molecular complexity index is 768. The number of aliphatic imine (C=N–C) groups is 1. The number of hydrogen-bond donors (Lipinski definition) is 3. The molecule has 0 radical (unpaired) electrons. The zero-order valence-electron chi connectivity index (χ0n) is 18.1. The van der Waals surface area contributed by atoms with E-state index in [1.165, 1.54) is 12.8 Å². The number of benzene rings is 1. The van der Waals surface area contributed by atoms with Crippen molar-refractivity contribution in [2.75, 3.05) is 33.0 Å². The molecule has 0 unspecified atom stereocenters. The van der Waals surface area contributed by atoms with Crippen LogP contribution in [-0.4, -0.2) is 53.5 Å². The number of sulfonamides is 1. The molecule has 0 spiro atoms. The van der Waals surface area contributed by atoms with Gasteiger partial charge in [-0.2, -0.15) is 0 Å². The summed E-state index contributed by atoms with van der Waals surface area (Å²) in [5, 5.41) is 6.48. The summed E-state index contributed by atoms with van der Waals surface area (Å²) in [5.74, 6) is 2.27. The SMILES string of the molecule is CCS(=O)(=O)NCCCNC(=NC)NCc1cccc(OC)c1OC1CCCC1.I. The topological polar surface area (TPSA) is 101 Å². The van der Waals surface area contributed by atoms with Crippen LogP contribution in [-0.2, 0) is 16.6 Å². The first kappa shape index (κ1) is 26.8. The molecule has 1 saturated carbocycles. The second-order valence-corrected chi connectivity index (χ2v) is 9.07. The van der Waals surface area contributed by atoms with Crippen LogP contribution in [0.5, 0.6) is 11.5 Å². The van der Waals surface area contributed by atoms with Gasteiger partial charge >= 0.3 is 0 Å². The zero-order chi connectivity index (χ0) is 21.1. The number of rotatable bonds is 11. The minimum atomic E-state index is -3.14. The van der Waals surface area contributed by atoms with Gasteiger partial charge in [0, 0.05) is 32.2 Å². The van der Waals surface area contributed by atoms with Crippen LogP contribution in [0.2, 0.25) is 0 Å². The van der Waals surface area contributed by atoms with Crippen molar-refractivity contribution in [1.29, 1.82) is 0 Å². The first-order chi connectivity index (χ1) is 14.0. The predicted molar refractivity (Wildman–Crippen MR) is 132 cm³/mol. The Morgan fingerprint density at radius 1 is 1.20 bits per heavy atom. The lowest BCUT2D eigenvalue weighted by molar-refractivity contribution is 0.198. The van der Waals surface area contributed by atoms with Crippen LogP contribution in [0.25, 0.3) is 0 Å². The van der Waals surface area contributed by atoms with E-state index in [1.807, 2.05) is 18.2 Å². The molecule has 0 aromatic heterocycles. The van der Waals surface area contributed by atoms with Gasteiger partial charge in [-0.05, 0) is 45.1 Å². The summed E-state index contributed by atoms with van der Waals surface area (Å²) in [4.78, 5) is 4.22. The second kappa shape index (κ2) is 13.9. The third-order valence-corrected chi connectivity index (χ3v) is 6.29. The highest BCUT2D eigenvalue weighted by atomic mass is 127. The lowest BCUT2D eigenvalue weighted by Crippen LogP contribution is -2.38. The first-order valence-corrected chi connectivity index (χ1v) is 11.9. The smallest absolute Gasteiger partial charge is 0.211 e. The predicted octanol–water partition coefficient (Wildman–Crippen LogP) is 2.63. The summed E-state index contributed by atoms with van der Waals surface area (Å²) in [6.07, 6.45) is 5.48. The van der Waals surface area contributed by atoms with E-state index in [0.717, 1.165) is 29.9 Å². The summed E-state index contributed by atoms with van der Waals surface area (Å²) in [5.41, 5.74) is 1.01. The summed E-state index contributed by atoms with van der Waals surface area (Å²) in [6, 6.07) is 5.89. The monoisotopic (exact) mass is 554 g/mol. The van der Waals surface area contributed by atoms with Crippen LogP contribution in [0.4, 0.5) is 0 Å². The van der Waals surface area contributed by atoms with Gasteiger partial charge in [-0.1, -0.05) is 12.1 Å². The molecular formula is C20H35IN4O4S. The first-order valence-electron chi connectivity index (χ1n) is 10.2. The third-order valence-electron chi connectivity index (χ3n) is 4.88. The largest absolute Gasteiger partial charge is 0.493 e.